The van der Waals surface area contributed by atoms with E-state index in [1.807, 2.05) is 31.3 Å². The summed E-state index contributed by atoms with van der Waals surface area (Å²) in [7, 11) is 0. The van der Waals surface area contributed by atoms with Gasteiger partial charge in [-0.2, -0.15) is 10.5 Å². The summed E-state index contributed by atoms with van der Waals surface area (Å²) in [5.41, 5.74) is 2.60. The monoisotopic (exact) mass is 574 g/mol. The molecule has 4 N–H and O–H groups in total. The lowest BCUT2D eigenvalue weighted by Gasteiger charge is -2.32. The number of aryl methyl sites for hydroxylation is 1. The number of aromatic nitrogens is 6. The van der Waals surface area contributed by atoms with Crippen molar-refractivity contribution < 1.29 is 9.47 Å². The van der Waals surface area contributed by atoms with Gasteiger partial charge in [0, 0.05) is 49.6 Å². The molecule has 1 aliphatic heterocycles. The van der Waals surface area contributed by atoms with Crippen molar-refractivity contribution in [2.45, 2.75) is 83.5 Å². The standard InChI is InChI=1S/C30H42N10O2/c1-20-16-32-28(15-25(20)26-5-4-6-27(36-26)33-19-30(18-31)11-13-41-14-12-30)35-24-9-7-23(8-10-24)34-21(2)17-42-22(3)29-37-39-40-38-29/h4-6,15-16,21-24,34H,7-14,17,19H2,1-3H3,(H,32,35)(H,33,36)(H,37,38,39,40)/t21-,22+,23?,24?/m0/s1. The second-order valence-electron chi connectivity index (χ2n) is 11.7. The van der Waals surface area contributed by atoms with Crippen LogP contribution in [0.15, 0.2) is 30.5 Å². The number of tetrazole rings is 1. The molecule has 0 aromatic carbocycles. The van der Waals surface area contributed by atoms with Crippen LogP contribution in [0, 0.1) is 23.7 Å². The zero-order chi connectivity index (χ0) is 29.4. The minimum Gasteiger partial charge on any atom is -0.381 e. The van der Waals surface area contributed by atoms with Gasteiger partial charge >= 0.3 is 0 Å². The number of nitriles is 1. The highest BCUT2D eigenvalue weighted by Crippen LogP contribution is 2.31. The van der Waals surface area contributed by atoms with Gasteiger partial charge in [0.05, 0.1) is 23.8 Å². The maximum absolute atomic E-state index is 9.78. The van der Waals surface area contributed by atoms with Crippen molar-refractivity contribution in [2.75, 3.05) is 37.0 Å². The van der Waals surface area contributed by atoms with Crippen molar-refractivity contribution in [3.63, 3.8) is 0 Å². The van der Waals surface area contributed by atoms with E-state index in [1.165, 1.54) is 0 Å². The number of hydrogen-bond acceptors (Lipinski definition) is 11. The number of aromatic amines is 1. The number of anilines is 2. The zero-order valence-corrected chi connectivity index (χ0v) is 24.8. The van der Waals surface area contributed by atoms with Crippen LogP contribution in [0.25, 0.3) is 11.3 Å². The summed E-state index contributed by atoms with van der Waals surface area (Å²) in [5, 5.41) is 34.6. The van der Waals surface area contributed by atoms with Gasteiger partial charge in [0.1, 0.15) is 17.7 Å². The predicted molar refractivity (Wildman–Crippen MR) is 160 cm³/mol. The molecule has 2 aliphatic rings. The van der Waals surface area contributed by atoms with Crippen molar-refractivity contribution in [3.8, 4) is 17.3 Å². The van der Waals surface area contributed by atoms with Crippen LogP contribution in [0.2, 0.25) is 0 Å². The fourth-order valence-electron chi connectivity index (χ4n) is 5.68. The van der Waals surface area contributed by atoms with Gasteiger partial charge in [0.25, 0.3) is 0 Å². The molecule has 0 amide bonds. The van der Waals surface area contributed by atoms with Crippen molar-refractivity contribution in [1.82, 2.24) is 35.9 Å². The number of H-pyrrole nitrogens is 1. The first-order chi connectivity index (χ1) is 20.4. The van der Waals surface area contributed by atoms with Gasteiger partial charge in [-0.05, 0) is 83.1 Å². The number of nitrogens with zero attached hydrogens (tertiary/aromatic N) is 6. The highest BCUT2D eigenvalue weighted by molar-refractivity contribution is 5.68. The Morgan fingerprint density at radius 3 is 2.67 bits per heavy atom. The van der Waals surface area contributed by atoms with Gasteiger partial charge in [-0.15, -0.1) is 10.2 Å². The molecule has 12 nitrogen and oxygen atoms in total. The number of hydrogen-bond donors (Lipinski definition) is 4. The first-order valence-electron chi connectivity index (χ1n) is 15.0. The van der Waals surface area contributed by atoms with Gasteiger partial charge in [0.15, 0.2) is 0 Å². The Kier molecular flexibility index (Phi) is 9.94. The fraction of sp³-hybridized carbons (Fsp3) is 0.600. The van der Waals surface area contributed by atoms with Crippen LogP contribution in [0.1, 0.15) is 69.9 Å². The van der Waals surface area contributed by atoms with E-state index in [9.17, 15) is 5.26 Å². The maximum atomic E-state index is 9.78. The molecule has 1 saturated heterocycles. The summed E-state index contributed by atoms with van der Waals surface area (Å²) in [4.78, 5) is 9.56. The first-order valence-corrected chi connectivity index (χ1v) is 15.0. The third-order valence-electron chi connectivity index (χ3n) is 8.34. The molecule has 2 atom stereocenters. The molecule has 4 heterocycles. The van der Waals surface area contributed by atoms with Gasteiger partial charge in [0.2, 0.25) is 5.82 Å². The average molecular weight is 575 g/mol. The molecule has 0 unspecified atom stereocenters. The van der Waals surface area contributed by atoms with Crippen LogP contribution >= 0.6 is 0 Å². The molecule has 0 spiro atoms. The lowest BCUT2D eigenvalue weighted by atomic mass is 9.82. The molecule has 2 fully saturated rings. The van der Waals surface area contributed by atoms with Crippen molar-refractivity contribution in [2.24, 2.45) is 5.41 Å². The van der Waals surface area contributed by atoms with Crippen LogP contribution in [0.4, 0.5) is 11.6 Å². The highest BCUT2D eigenvalue weighted by atomic mass is 16.5. The molecule has 3 aromatic rings. The molecule has 1 aliphatic carbocycles. The van der Waals surface area contributed by atoms with E-state index < -0.39 is 5.41 Å². The van der Waals surface area contributed by atoms with Crippen LogP contribution in [-0.4, -0.2) is 75.1 Å². The molecule has 3 aromatic heterocycles. The van der Waals surface area contributed by atoms with E-state index in [2.05, 4.69) is 67.5 Å². The van der Waals surface area contributed by atoms with Gasteiger partial charge < -0.3 is 25.4 Å². The number of rotatable bonds is 12. The molecule has 224 valence electrons. The second-order valence-corrected chi connectivity index (χ2v) is 11.7. The summed E-state index contributed by atoms with van der Waals surface area (Å²) < 4.78 is 11.4. The van der Waals surface area contributed by atoms with Gasteiger partial charge in [-0.25, -0.2) is 9.97 Å². The Morgan fingerprint density at radius 2 is 1.93 bits per heavy atom. The van der Waals surface area contributed by atoms with Crippen LogP contribution in [-0.2, 0) is 9.47 Å². The first kappa shape index (κ1) is 29.8. The van der Waals surface area contributed by atoms with Crippen LogP contribution in [0.5, 0.6) is 0 Å². The quantitative estimate of drug-likeness (QED) is 0.246. The lowest BCUT2D eigenvalue weighted by Crippen LogP contribution is -2.43. The smallest absolute Gasteiger partial charge is 0.202 e. The van der Waals surface area contributed by atoms with Crippen molar-refractivity contribution in [1.29, 1.82) is 5.26 Å². The largest absolute Gasteiger partial charge is 0.381 e. The third-order valence-corrected chi connectivity index (χ3v) is 8.34. The topological polar surface area (TPSA) is 159 Å². The highest BCUT2D eigenvalue weighted by Gasteiger charge is 2.32. The van der Waals surface area contributed by atoms with E-state index in [4.69, 9.17) is 14.5 Å². The average Bonchev–Trinajstić information content (AvgIpc) is 3.57. The van der Waals surface area contributed by atoms with E-state index in [-0.39, 0.29) is 12.1 Å². The molecule has 5 rings (SSSR count). The molecule has 12 heteroatoms. The van der Waals surface area contributed by atoms with E-state index in [0.717, 1.165) is 67.0 Å². The maximum Gasteiger partial charge on any atom is 0.202 e. The van der Waals surface area contributed by atoms with E-state index in [1.54, 1.807) is 0 Å². The number of nitrogens with one attached hydrogen (secondary N) is 4. The van der Waals surface area contributed by atoms with Crippen molar-refractivity contribution in [3.05, 3.63) is 41.9 Å². The Bertz CT molecular complexity index is 1310. The third kappa shape index (κ3) is 7.79. The number of ether oxygens (including phenoxy) is 2. The SMILES string of the molecule is Cc1cnc(NC2CCC(N[C@@H](C)CO[C@H](C)c3nn[nH]n3)CC2)cc1-c1cccc(NCC2(C#N)CCOCC2)n1. The zero-order valence-electron chi connectivity index (χ0n) is 24.8. The second kappa shape index (κ2) is 14.0. The normalized spacial score (nSPS) is 21.7. The summed E-state index contributed by atoms with van der Waals surface area (Å²) in [6.07, 6.45) is 7.51. The van der Waals surface area contributed by atoms with Gasteiger partial charge in [-0.1, -0.05) is 11.3 Å². The summed E-state index contributed by atoms with van der Waals surface area (Å²) in [5.74, 6) is 2.21. The minimum absolute atomic E-state index is 0.193. The van der Waals surface area contributed by atoms with Crippen molar-refractivity contribution >= 4 is 11.6 Å². The Labute approximate surface area is 247 Å². The number of pyridine rings is 2. The summed E-state index contributed by atoms with van der Waals surface area (Å²) in [6, 6.07) is 11.7. The predicted octanol–water partition coefficient (Wildman–Crippen LogP) is 4.18. The molecule has 42 heavy (non-hydrogen) atoms. The Hall–Kier alpha value is -3.66. The van der Waals surface area contributed by atoms with Crippen LogP contribution in [0.3, 0.4) is 0 Å². The summed E-state index contributed by atoms with van der Waals surface area (Å²) >= 11 is 0. The van der Waals surface area contributed by atoms with E-state index >= 15 is 0 Å². The molecular weight excluding hydrogens is 532 g/mol. The lowest BCUT2D eigenvalue weighted by molar-refractivity contribution is 0.0436. The molecule has 0 radical (unpaired) electrons. The van der Waals surface area contributed by atoms with E-state index in [0.29, 0.717) is 44.3 Å². The molecular formula is C30H42N10O2. The van der Waals surface area contributed by atoms with Crippen LogP contribution < -0.4 is 16.0 Å². The Morgan fingerprint density at radius 1 is 1.14 bits per heavy atom. The summed E-state index contributed by atoms with van der Waals surface area (Å²) in [6.45, 7) is 8.55. The van der Waals surface area contributed by atoms with Gasteiger partial charge in [-0.3, -0.25) is 0 Å². The Balaban J connectivity index is 1.11. The minimum atomic E-state index is -0.408. The molecule has 0 bridgehead atoms. The molecule has 1 saturated carbocycles. The fourth-order valence-corrected chi connectivity index (χ4v) is 5.68.